The van der Waals surface area contributed by atoms with Crippen LogP contribution in [0.5, 0.6) is 0 Å². The molecule has 1 unspecified atom stereocenters. The largest absolute Gasteiger partial charge is 0.355 e. The third-order valence-electron chi connectivity index (χ3n) is 3.60. The summed E-state index contributed by atoms with van der Waals surface area (Å²) in [5, 5.41) is 5.29. The Morgan fingerprint density at radius 1 is 1.19 bits per heavy atom. The molecule has 3 rings (SSSR count). The van der Waals surface area contributed by atoms with Crippen molar-refractivity contribution in [2.24, 2.45) is 0 Å². The fourth-order valence-corrected chi connectivity index (χ4v) is 3.81. The molecule has 2 aliphatic heterocycles. The summed E-state index contributed by atoms with van der Waals surface area (Å²) in [5.41, 5.74) is 1.34. The van der Waals surface area contributed by atoms with Crippen LogP contribution in [0.25, 0.3) is 0 Å². The molecular weight excluding hydrogens is 294 g/mol. The first-order valence-corrected chi connectivity index (χ1v) is 8.14. The number of nitrogens with one attached hydrogen (secondary N) is 3. The van der Waals surface area contributed by atoms with Gasteiger partial charge in [-0.05, 0) is 30.2 Å². The highest BCUT2D eigenvalue weighted by molar-refractivity contribution is 7.89. The SMILES string of the molecule is O=C1CCC(NS(=O)(=O)c2ccc3c(c2)CC(=O)N3)CN1. The predicted molar refractivity (Wildman–Crippen MR) is 75.1 cm³/mol. The number of anilines is 1. The van der Waals surface area contributed by atoms with Gasteiger partial charge in [-0.3, -0.25) is 9.59 Å². The molecule has 1 saturated heterocycles. The van der Waals surface area contributed by atoms with E-state index in [0.717, 1.165) is 0 Å². The molecule has 1 aromatic carbocycles. The van der Waals surface area contributed by atoms with Crippen LogP contribution in [0.15, 0.2) is 23.1 Å². The van der Waals surface area contributed by atoms with Gasteiger partial charge in [0.25, 0.3) is 0 Å². The Balaban J connectivity index is 1.78. The van der Waals surface area contributed by atoms with Gasteiger partial charge in [-0.15, -0.1) is 0 Å². The molecule has 0 bridgehead atoms. The molecule has 7 nitrogen and oxygen atoms in total. The molecule has 21 heavy (non-hydrogen) atoms. The fraction of sp³-hybridized carbons (Fsp3) is 0.385. The van der Waals surface area contributed by atoms with Crippen molar-refractivity contribution in [2.75, 3.05) is 11.9 Å². The second-order valence-electron chi connectivity index (χ2n) is 5.20. The summed E-state index contributed by atoms with van der Waals surface area (Å²) >= 11 is 0. The van der Waals surface area contributed by atoms with Gasteiger partial charge in [0.05, 0.1) is 11.3 Å². The van der Waals surface area contributed by atoms with Gasteiger partial charge in [0.2, 0.25) is 21.8 Å². The highest BCUT2D eigenvalue weighted by Crippen LogP contribution is 2.26. The van der Waals surface area contributed by atoms with Crippen LogP contribution < -0.4 is 15.4 Å². The third-order valence-corrected chi connectivity index (χ3v) is 5.12. The lowest BCUT2D eigenvalue weighted by Gasteiger charge is -2.23. The van der Waals surface area contributed by atoms with Gasteiger partial charge in [-0.1, -0.05) is 0 Å². The van der Waals surface area contributed by atoms with Crippen molar-refractivity contribution in [3.63, 3.8) is 0 Å². The molecule has 0 saturated carbocycles. The number of benzene rings is 1. The second-order valence-corrected chi connectivity index (χ2v) is 6.92. The molecule has 2 aliphatic rings. The minimum Gasteiger partial charge on any atom is -0.355 e. The van der Waals surface area contributed by atoms with E-state index in [0.29, 0.717) is 30.6 Å². The number of carbonyl (C=O) groups is 2. The Labute approximate surface area is 122 Å². The molecule has 2 amide bonds. The maximum Gasteiger partial charge on any atom is 0.240 e. The van der Waals surface area contributed by atoms with Crippen LogP contribution in [0.2, 0.25) is 0 Å². The second kappa shape index (κ2) is 5.12. The Kier molecular flexibility index (Phi) is 3.42. The summed E-state index contributed by atoms with van der Waals surface area (Å²) in [5.74, 6) is -0.199. The molecule has 1 aromatic rings. The standard InChI is InChI=1S/C13H15N3O4S/c17-12-4-1-9(7-14-12)16-21(19,20)10-2-3-11-8(5-10)6-13(18)15-11/h2-3,5,9,16H,1,4,6-7H2,(H,14,17)(H,15,18). The van der Waals surface area contributed by atoms with Crippen LogP contribution in [0.1, 0.15) is 18.4 Å². The van der Waals surface area contributed by atoms with E-state index in [1.807, 2.05) is 0 Å². The van der Waals surface area contributed by atoms with E-state index in [9.17, 15) is 18.0 Å². The lowest BCUT2D eigenvalue weighted by molar-refractivity contribution is -0.122. The van der Waals surface area contributed by atoms with Crippen molar-refractivity contribution in [3.8, 4) is 0 Å². The van der Waals surface area contributed by atoms with Gasteiger partial charge in [0.15, 0.2) is 0 Å². The van der Waals surface area contributed by atoms with E-state index < -0.39 is 10.0 Å². The fourth-order valence-electron chi connectivity index (χ4n) is 2.49. The van der Waals surface area contributed by atoms with Crippen molar-refractivity contribution in [2.45, 2.75) is 30.2 Å². The number of hydrogen-bond acceptors (Lipinski definition) is 4. The van der Waals surface area contributed by atoms with E-state index in [2.05, 4.69) is 15.4 Å². The van der Waals surface area contributed by atoms with Gasteiger partial charge in [0.1, 0.15) is 0 Å². The molecule has 0 radical (unpaired) electrons. The summed E-state index contributed by atoms with van der Waals surface area (Å²) in [6.07, 6.45) is 0.990. The molecule has 1 fully saturated rings. The number of rotatable bonds is 3. The summed E-state index contributed by atoms with van der Waals surface area (Å²) in [7, 11) is -3.66. The average molecular weight is 309 g/mol. The van der Waals surface area contributed by atoms with E-state index in [1.54, 1.807) is 6.07 Å². The number of piperidine rings is 1. The van der Waals surface area contributed by atoms with Gasteiger partial charge < -0.3 is 10.6 Å². The lowest BCUT2D eigenvalue weighted by atomic mass is 10.1. The topological polar surface area (TPSA) is 104 Å². The summed E-state index contributed by atoms with van der Waals surface area (Å²) in [6, 6.07) is 4.27. The first-order valence-electron chi connectivity index (χ1n) is 6.66. The zero-order chi connectivity index (χ0) is 15.0. The minimum absolute atomic E-state index is 0.0624. The zero-order valence-corrected chi connectivity index (χ0v) is 12.0. The van der Waals surface area contributed by atoms with Crippen molar-refractivity contribution in [1.29, 1.82) is 0 Å². The summed E-state index contributed by atoms with van der Waals surface area (Å²) in [4.78, 5) is 22.5. The summed E-state index contributed by atoms with van der Waals surface area (Å²) in [6.45, 7) is 0.295. The highest BCUT2D eigenvalue weighted by atomic mass is 32.2. The molecular formula is C13H15N3O4S. The van der Waals surface area contributed by atoms with E-state index in [-0.39, 0.29) is 29.2 Å². The van der Waals surface area contributed by atoms with E-state index >= 15 is 0 Å². The number of hydrogen-bond donors (Lipinski definition) is 3. The Bertz CT molecular complexity index is 704. The monoisotopic (exact) mass is 309 g/mol. The van der Waals surface area contributed by atoms with Crippen LogP contribution in [-0.4, -0.2) is 32.8 Å². The van der Waals surface area contributed by atoms with Crippen LogP contribution >= 0.6 is 0 Å². The third kappa shape index (κ3) is 2.91. The molecule has 8 heteroatoms. The molecule has 0 aliphatic carbocycles. The molecule has 112 valence electrons. The van der Waals surface area contributed by atoms with Crippen molar-refractivity contribution in [3.05, 3.63) is 23.8 Å². The predicted octanol–water partition coefficient (Wildman–Crippen LogP) is -0.262. The van der Waals surface area contributed by atoms with Crippen LogP contribution in [0.3, 0.4) is 0 Å². The average Bonchev–Trinajstić information content (AvgIpc) is 2.80. The quantitative estimate of drug-likeness (QED) is 0.715. The van der Waals surface area contributed by atoms with Crippen molar-refractivity contribution < 1.29 is 18.0 Å². The van der Waals surface area contributed by atoms with Crippen LogP contribution in [0.4, 0.5) is 5.69 Å². The Hall–Kier alpha value is -1.93. The number of fused-ring (bicyclic) bond motifs is 1. The van der Waals surface area contributed by atoms with E-state index in [4.69, 9.17) is 0 Å². The molecule has 3 N–H and O–H groups in total. The van der Waals surface area contributed by atoms with E-state index in [1.165, 1.54) is 12.1 Å². The number of amides is 2. The van der Waals surface area contributed by atoms with Crippen molar-refractivity contribution in [1.82, 2.24) is 10.0 Å². The smallest absolute Gasteiger partial charge is 0.240 e. The first kappa shape index (κ1) is 14.0. The van der Waals surface area contributed by atoms with Gasteiger partial charge in [-0.2, -0.15) is 0 Å². The minimum atomic E-state index is -3.66. The van der Waals surface area contributed by atoms with Crippen LogP contribution in [0, 0.1) is 0 Å². The lowest BCUT2D eigenvalue weighted by Crippen LogP contribution is -2.47. The molecule has 0 spiro atoms. The molecule has 0 aromatic heterocycles. The molecule has 1 atom stereocenters. The number of sulfonamides is 1. The highest BCUT2D eigenvalue weighted by Gasteiger charge is 2.26. The van der Waals surface area contributed by atoms with Gasteiger partial charge in [0, 0.05) is 24.7 Å². The number of carbonyl (C=O) groups excluding carboxylic acids is 2. The Morgan fingerprint density at radius 2 is 2.00 bits per heavy atom. The van der Waals surface area contributed by atoms with Crippen molar-refractivity contribution >= 4 is 27.5 Å². The Morgan fingerprint density at radius 3 is 2.71 bits per heavy atom. The molecule has 2 heterocycles. The van der Waals surface area contributed by atoms with Gasteiger partial charge in [-0.25, -0.2) is 13.1 Å². The maximum atomic E-state index is 12.3. The van der Waals surface area contributed by atoms with Crippen LogP contribution in [-0.2, 0) is 26.0 Å². The van der Waals surface area contributed by atoms with Gasteiger partial charge >= 0.3 is 0 Å². The normalized spacial score (nSPS) is 21.6. The first-order chi connectivity index (χ1) is 9.94. The summed E-state index contributed by atoms with van der Waals surface area (Å²) < 4.78 is 27.3. The zero-order valence-electron chi connectivity index (χ0n) is 11.2. The maximum absolute atomic E-state index is 12.3.